The lowest BCUT2D eigenvalue weighted by Crippen LogP contribution is -2.29. The van der Waals surface area contributed by atoms with Crippen molar-refractivity contribution in [2.45, 2.75) is 46.1 Å². The Hall–Kier alpha value is -0.380. The zero-order valence-corrected chi connectivity index (χ0v) is 15.2. The molecule has 1 saturated heterocycles. The molecule has 0 amide bonds. The highest BCUT2D eigenvalue weighted by molar-refractivity contribution is 9.10. The summed E-state index contributed by atoms with van der Waals surface area (Å²) in [6, 6.07) is 9.20. The normalized spacial score (nSPS) is 19.8. The van der Waals surface area contributed by atoms with Gasteiger partial charge in [-0.1, -0.05) is 48.8 Å². The van der Waals surface area contributed by atoms with Gasteiger partial charge in [0.1, 0.15) is 0 Å². The molecular formula is C18H29BrN2. The number of halogens is 1. The molecule has 0 bridgehead atoms. The van der Waals surface area contributed by atoms with E-state index in [9.17, 15) is 0 Å². The summed E-state index contributed by atoms with van der Waals surface area (Å²) < 4.78 is 1.17. The Kier molecular flexibility index (Phi) is 6.27. The first-order valence-electron chi connectivity index (χ1n) is 8.21. The molecule has 1 heterocycles. The Balaban J connectivity index is 1.94. The summed E-state index contributed by atoms with van der Waals surface area (Å²) in [5.41, 5.74) is 1.90. The molecule has 0 aromatic heterocycles. The van der Waals surface area contributed by atoms with E-state index >= 15 is 0 Å². The van der Waals surface area contributed by atoms with Crippen LogP contribution < -0.4 is 5.32 Å². The molecule has 1 atom stereocenters. The highest BCUT2D eigenvalue weighted by Gasteiger charge is 2.29. The van der Waals surface area contributed by atoms with E-state index in [1.54, 1.807) is 0 Å². The minimum atomic E-state index is 0.464. The van der Waals surface area contributed by atoms with Crippen LogP contribution in [-0.2, 0) is 0 Å². The third-order valence-corrected chi connectivity index (χ3v) is 4.88. The van der Waals surface area contributed by atoms with E-state index in [1.165, 1.54) is 48.9 Å². The average Bonchev–Trinajstić information content (AvgIpc) is 2.78. The van der Waals surface area contributed by atoms with Gasteiger partial charge in [0, 0.05) is 17.1 Å². The largest absolute Gasteiger partial charge is 0.310 e. The third kappa shape index (κ3) is 5.39. The van der Waals surface area contributed by atoms with Crippen molar-refractivity contribution in [3.63, 3.8) is 0 Å². The molecule has 0 aliphatic carbocycles. The second kappa shape index (κ2) is 7.75. The lowest BCUT2D eigenvalue weighted by Gasteiger charge is -2.24. The van der Waals surface area contributed by atoms with Crippen LogP contribution in [0.25, 0.3) is 0 Å². The second-order valence-corrected chi connectivity index (χ2v) is 7.96. The molecule has 2 rings (SSSR count). The van der Waals surface area contributed by atoms with Crippen LogP contribution in [0.4, 0.5) is 0 Å². The monoisotopic (exact) mass is 352 g/mol. The average molecular weight is 353 g/mol. The van der Waals surface area contributed by atoms with E-state index in [4.69, 9.17) is 0 Å². The number of nitrogens with one attached hydrogen (secondary N) is 1. The summed E-state index contributed by atoms with van der Waals surface area (Å²) in [7, 11) is 0. The van der Waals surface area contributed by atoms with Crippen LogP contribution in [0.1, 0.15) is 51.6 Å². The van der Waals surface area contributed by atoms with Crippen LogP contribution in [0, 0.1) is 5.41 Å². The standard InChI is InChI=1S/C18H29BrN2/c1-4-10-20-17(15-6-5-7-16(19)13-15)8-11-21-12-9-18(2,3)14-21/h5-7,13,17,20H,4,8-12,14H2,1-3H3. The second-order valence-electron chi connectivity index (χ2n) is 7.04. The summed E-state index contributed by atoms with van der Waals surface area (Å²) in [5.74, 6) is 0. The van der Waals surface area contributed by atoms with E-state index in [-0.39, 0.29) is 0 Å². The van der Waals surface area contributed by atoms with Crippen molar-refractivity contribution in [3.05, 3.63) is 34.3 Å². The molecule has 0 saturated carbocycles. The van der Waals surface area contributed by atoms with Crippen molar-refractivity contribution >= 4 is 15.9 Å². The highest BCUT2D eigenvalue weighted by Crippen LogP contribution is 2.29. The highest BCUT2D eigenvalue weighted by atomic mass is 79.9. The number of likely N-dealkylation sites (tertiary alicyclic amines) is 1. The quantitative estimate of drug-likeness (QED) is 0.770. The van der Waals surface area contributed by atoms with E-state index in [0.717, 1.165) is 6.54 Å². The van der Waals surface area contributed by atoms with Crippen LogP contribution in [0.15, 0.2) is 28.7 Å². The van der Waals surface area contributed by atoms with Gasteiger partial charge in [-0.25, -0.2) is 0 Å². The van der Waals surface area contributed by atoms with Gasteiger partial charge in [0.15, 0.2) is 0 Å². The third-order valence-electron chi connectivity index (χ3n) is 4.38. The number of hydrogen-bond acceptors (Lipinski definition) is 2. The van der Waals surface area contributed by atoms with Crippen molar-refractivity contribution in [2.24, 2.45) is 5.41 Å². The summed E-state index contributed by atoms with van der Waals surface area (Å²) in [5, 5.41) is 3.71. The van der Waals surface area contributed by atoms with Gasteiger partial charge in [-0.15, -0.1) is 0 Å². The topological polar surface area (TPSA) is 15.3 Å². The van der Waals surface area contributed by atoms with Crippen molar-refractivity contribution in [1.82, 2.24) is 10.2 Å². The molecule has 1 unspecified atom stereocenters. The van der Waals surface area contributed by atoms with Gasteiger partial charge in [0.05, 0.1) is 0 Å². The lowest BCUT2D eigenvalue weighted by molar-refractivity contribution is 0.274. The Morgan fingerprint density at radius 2 is 2.19 bits per heavy atom. The van der Waals surface area contributed by atoms with Gasteiger partial charge in [0.25, 0.3) is 0 Å². The van der Waals surface area contributed by atoms with Gasteiger partial charge in [0.2, 0.25) is 0 Å². The van der Waals surface area contributed by atoms with Gasteiger partial charge in [-0.3, -0.25) is 0 Å². The first-order chi connectivity index (χ1) is 10.00. The van der Waals surface area contributed by atoms with E-state index < -0.39 is 0 Å². The number of hydrogen-bond donors (Lipinski definition) is 1. The fourth-order valence-corrected chi connectivity index (χ4v) is 3.57. The molecule has 1 aromatic carbocycles. The fourth-order valence-electron chi connectivity index (χ4n) is 3.16. The molecule has 1 aromatic rings. The number of benzene rings is 1. The van der Waals surface area contributed by atoms with E-state index in [2.05, 4.69) is 71.2 Å². The Bertz CT molecular complexity index is 445. The minimum absolute atomic E-state index is 0.464. The molecule has 21 heavy (non-hydrogen) atoms. The summed E-state index contributed by atoms with van der Waals surface area (Å²) in [4.78, 5) is 2.62. The minimum Gasteiger partial charge on any atom is -0.310 e. The first kappa shape index (κ1) is 17.0. The summed E-state index contributed by atoms with van der Waals surface area (Å²) in [6.45, 7) is 11.8. The summed E-state index contributed by atoms with van der Waals surface area (Å²) >= 11 is 3.59. The maximum atomic E-state index is 3.71. The van der Waals surface area contributed by atoms with Crippen LogP contribution >= 0.6 is 15.9 Å². The molecule has 0 spiro atoms. The van der Waals surface area contributed by atoms with Crippen molar-refractivity contribution in [1.29, 1.82) is 0 Å². The predicted molar refractivity (Wildman–Crippen MR) is 94.6 cm³/mol. The molecule has 118 valence electrons. The molecule has 1 N–H and O–H groups in total. The Morgan fingerprint density at radius 1 is 1.38 bits per heavy atom. The maximum Gasteiger partial charge on any atom is 0.0332 e. The molecule has 1 aliphatic rings. The molecule has 3 heteroatoms. The zero-order valence-electron chi connectivity index (χ0n) is 13.7. The van der Waals surface area contributed by atoms with Crippen LogP contribution in [-0.4, -0.2) is 31.1 Å². The van der Waals surface area contributed by atoms with Crippen LogP contribution in [0.5, 0.6) is 0 Å². The zero-order chi connectivity index (χ0) is 15.3. The fraction of sp³-hybridized carbons (Fsp3) is 0.667. The van der Waals surface area contributed by atoms with Crippen LogP contribution in [0.3, 0.4) is 0 Å². The Morgan fingerprint density at radius 3 is 2.81 bits per heavy atom. The number of rotatable bonds is 7. The van der Waals surface area contributed by atoms with E-state index in [1.807, 2.05) is 0 Å². The maximum absolute atomic E-state index is 3.71. The van der Waals surface area contributed by atoms with Crippen molar-refractivity contribution in [2.75, 3.05) is 26.2 Å². The van der Waals surface area contributed by atoms with Crippen molar-refractivity contribution in [3.8, 4) is 0 Å². The molecular weight excluding hydrogens is 324 g/mol. The van der Waals surface area contributed by atoms with E-state index in [0.29, 0.717) is 11.5 Å². The van der Waals surface area contributed by atoms with Crippen LogP contribution in [0.2, 0.25) is 0 Å². The predicted octanol–water partition coefficient (Wildman–Crippen LogP) is 4.61. The van der Waals surface area contributed by atoms with Crippen molar-refractivity contribution < 1.29 is 0 Å². The smallest absolute Gasteiger partial charge is 0.0332 e. The first-order valence-corrected chi connectivity index (χ1v) is 9.01. The molecule has 2 nitrogen and oxygen atoms in total. The SMILES string of the molecule is CCCNC(CCN1CCC(C)(C)C1)c1cccc(Br)c1. The Labute approximate surface area is 138 Å². The van der Waals surface area contributed by atoms with Gasteiger partial charge in [-0.2, -0.15) is 0 Å². The van der Waals surface area contributed by atoms with Gasteiger partial charge < -0.3 is 10.2 Å². The van der Waals surface area contributed by atoms with Gasteiger partial charge in [-0.05, 0) is 62.0 Å². The summed E-state index contributed by atoms with van der Waals surface area (Å²) in [6.07, 6.45) is 3.70. The molecule has 1 aliphatic heterocycles. The molecule has 1 fully saturated rings. The number of nitrogens with zero attached hydrogens (tertiary/aromatic N) is 1. The molecule has 0 radical (unpaired) electrons. The van der Waals surface area contributed by atoms with Gasteiger partial charge >= 0.3 is 0 Å². The lowest BCUT2D eigenvalue weighted by atomic mass is 9.93.